The molecular formula is C36H29F7O. The molecule has 0 amide bonds. The molecule has 228 valence electrons. The quantitative estimate of drug-likeness (QED) is 0.151. The van der Waals surface area contributed by atoms with Gasteiger partial charge in [0.1, 0.15) is 11.6 Å². The second kappa shape index (κ2) is 12.7. The van der Waals surface area contributed by atoms with Gasteiger partial charge in [0, 0.05) is 11.1 Å². The Morgan fingerprint density at radius 2 is 1.16 bits per heavy atom. The topological polar surface area (TPSA) is 9.23 Å². The number of hydrogen-bond acceptors (Lipinski definition) is 1. The summed E-state index contributed by atoms with van der Waals surface area (Å²) in [6, 6.07) is 21.1. The largest absolute Gasteiger partial charge is 0.491 e. The van der Waals surface area contributed by atoms with Crippen LogP contribution in [0.25, 0.3) is 33.0 Å². The smallest absolute Gasteiger partial charge is 0.419 e. The maximum absolute atomic E-state index is 15.6. The Morgan fingerprint density at radius 1 is 0.591 bits per heavy atom. The summed E-state index contributed by atoms with van der Waals surface area (Å²) >= 11 is 0. The van der Waals surface area contributed by atoms with Gasteiger partial charge in [-0.05, 0) is 65.5 Å². The van der Waals surface area contributed by atoms with Crippen molar-refractivity contribution in [2.24, 2.45) is 0 Å². The zero-order valence-corrected chi connectivity index (χ0v) is 24.1. The van der Waals surface area contributed by atoms with Crippen molar-refractivity contribution in [1.29, 1.82) is 0 Å². The first kappa shape index (κ1) is 31.1. The molecular weight excluding hydrogens is 581 g/mol. The fraction of sp³-hybridized carbons (Fsp3) is 0.222. The van der Waals surface area contributed by atoms with E-state index in [2.05, 4.69) is 19.1 Å². The Kier molecular flexibility index (Phi) is 9.00. The van der Waals surface area contributed by atoms with E-state index in [1.54, 1.807) is 6.92 Å². The molecule has 5 rings (SSSR count). The van der Waals surface area contributed by atoms with Gasteiger partial charge in [-0.25, -0.2) is 13.2 Å². The Balaban J connectivity index is 1.44. The molecule has 0 spiro atoms. The highest BCUT2D eigenvalue weighted by Gasteiger charge is 2.38. The SMILES string of the molecule is CCCc1ccc(-c2ccc(CCc3ccc(-c4ccc5cc(OCC)c(F)c(F)c5c4F)c(F)c3C(F)(F)F)cc2)cc1. The summed E-state index contributed by atoms with van der Waals surface area (Å²) in [6.07, 6.45) is -2.97. The molecule has 0 unspecified atom stereocenters. The van der Waals surface area contributed by atoms with Crippen LogP contribution in [0.4, 0.5) is 30.7 Å². The molecule has 0 saturated heterocycles. The third kappa shape index (κ3) is 6.16. The monoisotopic (exact) mass is 610 g/mol. The minimum Gasteiger partial charge on any atom is -0.491 e. The molecule has 0 bridgehead atoms. The van der Waals surface area contributed by atoms with Crippen LogP contribution in [0.15, 0.2) is 78.9 Å². The van der Waals surface area contributed by atoms with Crippen LogP contribution < -0.4 is 4.74 Å². The molecule has 1 nitrogen and oxygen atoms in total. The van der Waals surface area contributed by atoms with Crippen LogP contribution in [0, 0.1) is 23.3 Å². The lowest BCUT2D eigenvalue weighted by atomic mass is 9.92. The third-order valence-electron chi connectivity index (χ3n) is 7.65. The lowest BCUT2D eigenvalue weighted by molar-refractivity contribution is -0.140. The van der Waals surface area contributed by atoms with E-state index in [9.17, 15) is 22.0 Å². The zero-order chi connectivity index (χ0) is 31.6. The normalized spacial score (nSPS) is 11.8. The Labute approximate surface area is 250 Å². The van der Waals surface area contributed by atoms with E-state index in [1.165, 1.54) is 11.6 Å². The highest BCUT2D eigenvalue weighted by Crippen LogP contribution is 2.41. The van der Waals surface area contributed by atoms with E-state index in [0.717, 1.165) is 53.8 Å². The van der Waals surface area contributed by atoms with Crippen molar-refractivity contribution >= 4 is 10.8 Å². The van der Waals surface area contributed by atoms with Crippen LogP contribution in [-0.2, 0) is 25.4 Å². The van der Waals surface area contributed by atoms with E-state index >= 15 is 8.78 Å². The Hall–Kier alpha value is -4.33. The van der Waals surface area contributed by atoms with Crippen LogP contribution in [0.3, 0.4) is 0 Å². The van der Waals surface area contributed by atoms with E-state index in [-0.39, 0.29) is 30.4 Å². The molecule has 0 fully saturated rings. The molecule has 0 aliphatic carbocycles. The van der Waals surface area contributed by atoms with Crippen molar-refractivity contribution in [2.45, 2.75) is 45.7 Å². The molecule has 44 heavy (non-hydrogen) atoms. The number of ether oxygens (including phenoxy) is 1. The van der Waals surface area contributed by atoms with Crippen LogP contribution in [0.2, 0.25) is 0 Å². The minimum absolute atomic E-state index is 0.0269. The number of hydrogen-bond donors (Lipinski definition) is 0. The Bertz CT molecular complexity index is 1790. The van der Waals surface area contributed by atoms with Gasteiger partial charge in [0.05, 0.1) is 17.6 Å². The number of aryl methyl sites for hydroxylation is 3. The van der Waals surface area contributed by atoms with E-state index in [0.29, 0.717) is 0 Å². The highest BCUT2D eigenvalue weighted by atomic mass is 19.4. The fourth-order valence-corrected chi connectivity index (χ4v) is 5.46. The first-order chi connectivity index (χ1) is 21.0. The fourth-order valence-electron chi connectivity index (χ4n) is 5.46. The number of benzene rings is 5. The molecule has 0 aliphatic rings. The maximum atomic E-state index is 15.6. The second-order valence-corrected chi connectivity index (χ2v) is 10.6. The molecule has 0 heterocycles. The first-order valence-corrected chi connectivity index (χ1v) is 14.3. The molecule has 0 atom stereocenters. The molecule has 0 N–H and O–H groups in total. The Morgan fingerprint density at radius 3 is 1.73 bits per heavy atom. The van der Waals surface area contributed by atoms with Gasteiger partial charge in [0.25, 0.3) is 0 Å². The van der Waals surface area contributed by atoms with Crippen LogP contribution in [0.1, 0.15) is 42.5 Å². The first-order valence-electron chi connectivity index (χ1n) is 14.3. The lowest BCUT2D eigenvalue weighted by Gasteiger charge is -2.18. The standard InChI is InChI=1S/C36H29F7O/c1-3-5-21-6-11-23(12-7-21)24-13-8-22(9-14-24)10-15-25-16-18-28(33(38)31(25)36(41,42)43)27-19-17-26-20-29(44-4-2)34(39)35(40)30(26)32(27)37/h6-9,11-14,16-20H,3-5,10,15H2,1-2H3. The van der Waals surface area contributed by atoms with Crippen LogP contribution in [-0.4, -0.2) is 6.61 Å². The summed E-state index contributed by atoms with van der Waals surface area (Å²) in [5, 5.41) is -0.887. The number of rotatable bonds is 9. The predicted molar refractivity (Wildman–Crippen MR) is 159 cm³/mol. The third-order valence-corrected chi connectivity index (χ3v) is 7.65. The van der Waals surface area contributed by atoms with Crippen molar-refractivity contribution in [3.63, 3.8) is 0 Å². The summed E-state index contributed by atoms with van der Waals surface area (Å²) in [7, 11) is 0. The van der Waals surface area contributed by atoms with Crippen molar-refractivity contribution in [3.8, 4) is 28.0 Å². The molecule has 0 saturated carbocycles. The van der Waals surface area contributed by atoms with E-state index < -0.39 is 57.3 Å². The van der Waals surface area contributed by atoms with Gasteiger partial charge < -0.3 is 4.74 Å². The zero-order valence-electron chi connectivity index (χ0n) is 24.1. The molecule has 0 aliphatic heterocycles. The van der Waals surface area contributed by atoms with Gasteiger partial charge in [0.2, 0.25) is 5.82 Å². The lowest BCUT2D eigenvalue weighted by Crippen LogP contribution is -2.14. The average molecular weight is 611 g/mol. The molecule has 0 aromatic heterocycles. The van der Waals surface area contributed by atoms with E-state index in [1.807, 2.05) is 36.4 Å². The average Bonchev–Trinajstić information content (AvgIpc) is 2.99. The van der Waals surface area contributed by atoms with Crippen molar-refractivity contribution in [2.75, 3.05) is 6.61 Å². The van der Waals surface area contributed by atoms with E-state index in [4.69, 9.17) is 4.74 Å². The molecule has 5 aromatic carbocycles. The summed E-state index contributed by atoms with van der Waals surface area (Å²) < 4.78 is 108. The van der Waals surface area contributed by atoms with Crippen molar-refractivity contribution < 1.29 is 35.5 Å². The predicted octanol–water partition coefficient (Wildman–Crippen LogP) is 10.9. The van der Waals surface area contributed by atoms with Gasteiger partial charge >= 0.3 is 6.18 Å². The van der Waals surface area contributed by atoms with Crippen molar-refractivity contribution in [1.82, 2.24) is 0 Å². The molecule has 8 heteroatoms. The summed E-state index contributed by atoms with van der Waals surface area (Å²) in [5.74, 6) is -6.50. The molecule has 5 aromatic rings. The minimum atomic E-state index is -5.08. The summed E-state index contributed by atoms with van der Waals surface area (Å²) in [4.78, 5) is 0. The summed E-state index contributed by atoms with van der Waals surface area (Å²) in [6.45, 7) is 3.70. The number of alkyl halides is 3. The second-order valence-electron chi connectivity index (χ2n) is 10.6. The molecule has 0 radical (unpaired) electrons. The van der Waals surface area contributed by atoms with Gasteiger partial charge in [-0.2, -0.15) is 17.6 Å². The van der Waals surface area contributed by atoms with Gasteiger partial charge in [-0.1, -0.05) is 86.1 Å². The highest BCUT2D eigenvalue weighted by molar-refractivity contribution is 5.90. The van der Waals surface area contributed by atoms with Crippen LogP contribution in [0.5, 0.6) is 5.75 Å². The van der Waals surface area contributed by atoms with Gasteiger partial charge in [0.15, 0.2) is 11.6 Å². The maximum Gasteiger partial charge on any atom is 0.419 e. The number of fused-ring (bicyclic) bond motifs is 1. The van der Waals surface area contributed by atoms with Crippen LogP contribution >= 0.6 is 0 Å². The summed E-state index contributed by atoms with van der Waals surface area (Å²) in [5.41, 5.74) is 0.852. The van der Waals surface area contributed by atoms with Gasteiger partial charge in [-0.3, -0.25) is 0 Å². The van der Waals surface area contributed by atoms with Gasteiger partial charge in [-0.15, -0.1) is 0 Å². The number of halogens is 7. The van der Waals surface area contributed by atoms with Crippen molar-refractivity contribution in [3.05, 3.63) is 124 Å².